The summed E-state index contributed by atoms with van der Waals surface area (Å²) in [5, 5.41) is 25.2. The Kier molecular flexibility index (Phi) is 6.41. The molecule has 1 N–H and O–H groups in total. The molecule has 0 saturated carbocycles. The fourth-order valence-corrected chi connectivity index (χ4v) is 1.47. The Morgan fingerprint density at radius 3 is 2.68 bits per heavy atom. The van der Waals surface area contributed by atoms with Crippen molar-refractivity contribution in [1.82, 2.24) is 0 Å². The van der Waals surface area contributed by atoms with E-state index in [1.54, 1.807) is 6.92 Å². The summed E-state index contributed by atoms with van der Waals surface area (Å²) in [6.07, 6.45) is 1.80. The maximum absolute atomic E-state index is 11.1. The van der Waals surface area contributed by atoms with Crippen LogP contribution in [0.15, 0.2) is 23.3 Å². The van der Waals surface area contributed by atoms with Crippen LogP contribution >= 0.6 is 0 Å². The number of hydrazone groups is 1. The molecule has 1 aromatic carbocycles. The molecule has 10 nitrogen and oxygen atoms in total. The first-order valence-corrected chi connectivity index (χ1v) is 6.31. The summed E-state index contributed by atoms with van der Waals surface area (Å²) in [4.78, 5) is 31.1. The molecule has 0 aromatic heterocycles. The number of hydrogen-bond acceptors (Lipinski definition) is 8. The third-order valence-corrected chi connectivity index (χ3v) is 2.45. The van der Waals surface area contributed by atoms with E-state index in [-0.39, 0.29) is 23.8 Å². The number of nitrogens with one attached hydrogen (secondary N) is 1. The summed E-state index contributed by atoms with van der Waals surface area (Å²) in [5.41, 5.74) is 1.59. The highest BCUT2D eigenvalue weighted by molar-refractivity contribution is 5.74. The quantitative estimate of drug-likeness (QED) is 0.336. The Balaban J connectivity index is 2.67. The first-order chi connectivity index (χ1) is 10.5. The first kappa shape index (κ1) is 17.0. The third kappa shape index (κ3) is 5.15. The molecule has 0 unspecified atom stereocenters. The lowest BCUT2D eigenvalue weighted by atomic mass is 10.2. The van der Waals surface area contributed by atoms with Crippen LogP contribution in [0.4, 0.5) is 17.1 Å². The average molecular weight is 310 g/mol. The van der Waals surface area contributed by atoms with Gasteiger partial charge >= 0.3 is 11.7 Å². The largest absolute Gasteiger partial charge is 0.466 e. The van der Waals surface area contributed by atoms with Gasteiger partial charge in [-0.25, -0.2) is 0 Å². The van der Waals surface area contributed by atoms with Gasteiger partial charge in [-0.05, 0) is 19.4 Å². The molecule has 1 aromatic rings. The van der Waals surface area contributed by atoms with Crippen molar-refractivity contribution in [3.05, 3.63) is 38.4 Å². The van der Waals surface area contributed by atoms with Crippen molar-refractivity contribution in [2.24, 2.45) is 5.10 Å². The van der Waals surface area contributed by atoms with Gasteiger partial charge in [-0.1, -0.05) is 0 Å². The van der Waals surface area contributed by atoms with Crippen LogP contribution in [0.25, 0.3) is 0 Å². The number of non-ortho nitro benzene ring substituents is 1. The van der Waals surface area contributed by atoms with Crippen LogP contribution in [0, 0.1) is 20.2 Å². The predicted molar refractivity (Wildman–Crippen MR) is 77.7 cm³/mol. The fraction of sp³-hybridized carbons (Fsp3) is 0.333. The molecule has 0 fully saturated rings. The van der Waals surface area contributed by atoms with Gasteiger partial charge in [0.25, 0.3) is 5.69 Å². The Labute approximate surface area is 125 Å². The summed E-state index contributed by atoms with van der Waals surface area (Å²) in [6, 6.07) is 3.17. The molecule has 0 heterocycles. The normalized spacial score (nSPS) is 10.4. The third-order valence-electron chi connectivity index (χ3n) is 2.45. The number of rotatable bonds is 8. The van der Waals surface area contributed by atoms with Gasteiger partial charge in [0.1, 0.15) is 5.69 Å². The van der Waals surface area contributed by atoms with Crippen LogP contribution in [0.2, 0.25) is 0 Å². The topological polar surface area (TPSA) is 137 Å². The van der Waals surface area contributed by atoms with Crippen molar-refractivity contribution in [1.29, 1.82) is 0 Å². The van der Waals surface area contributed by atoms with E-state index in [9.17, 15) is 25.0 Å². The van der Waals surface area contributed by atoms with Gasteiger partial charge in [0.05, 0.1) is 28.9 Å². The van der Waals surface area contributed by atoms with Gasteiger partial charge in [0.15, 0.2) is 0 Å². The fourth-order valence-electron chi connectivity index (χ4n) is 1.47. The van der Waals surface area contributed by atoms with E-state index >= 15 is 0 Å². The molecule has 10 heteroatoms. The minimum atomic E-state index is -0.747. The first-order valence-electron chi connectivity index (χ1n) is 6.31. The van der Waals surface area contributed by atoms with E-state index in [1.807, 2.05) is 0 Å². The second-order valence-electron chi connectivity index (χ2n) is 3.98. The summed E-state index contributed by atoms with van der Waals surface area (Å²) in [6.45, 7) is 1.99. The van der Waals surface area contributed by atoms with Crippen LogP contribution in [-0.4, -0.2) is 28.6 Å². The Morgan fingerprint density at radius 2 is 2.09 bits per heavy atom. The lowest BCUT2D eigenvalue weighted by Crippen LogP contribution is -2.04. The predicted octanol–water partition coefficient (Wildman–Crippen LogP) is 2.24. The summed E-state index contributed by atoms with van der Waals surface area (Å²) in [5.74, 6) is -0.365. The summed E-state index contributed by atoms with van der Waals surface area (Å²) >= 11 is 0. The van der Waals surface area contributed by atoms with Crippen molar-refractivity contribution in [2.75, 3.05) is 12.0 Å². The van der Waals surface area contributed by atoms with E-state index in [0.717, 1.165) is 12.1 Å². The van der Waals surface area contributed by atoms with Gasteiger partial charge in [0, 0.05) is 12.3 Å². The maximum Gasteiger partial charge on any atom is 0.306 e. The summed E-state index contributed by atoms with van der Waals surface area (Å²) < 4.78 is 4.72. The Bertz CT molecular complexity index is 601. The van der Waals surface area contributed by atoms with Crippen LogP contribution < -0.4 is 5.43 Å². The zero-order valence-corrected chi connectivity index (χ0v) is 11.7. The zero-order valence-electron chi connectivity index (χ0n) is 11.7. The molecule has 0 radical (unpaired) electrons. The molecule has 0 amide bonds. The van der Waals surface area contributed by atoms with Gasteiger partial charge in [-0.2, -0.15) is 5.10 Å². The molecule has 0 atom stereocenters. The molecule has 118 valence electrons. The van der Waals surface area contributed by atoms with Crippen molar-refractivity contribution in [3.8, 4) is 0 Å². The highest BCUT2D eigenvalue weighted by Gasteiger charge is 2.18. The molecular weight excluding hydrogens is 296 g/mol. The van der Waals surface area contributed by atoms with Crippen molar-refractivity contribution < 1.29 is 19.4 Å². The molecule has 0 bridgehead atoms. The second-order valence-corrected chi connectivity index (χ2v) is 3.98. The molecule has 0 aliphatic rings. The van der Waals surface area contributed by atoms with Gasteiger partial charge in [-0.15, -0.1) is 0 Å². The number of benzene rings is 1. The van der Waals surface area contributed by atoms with Crippen molar-refractivity contribution in [2.45, 2.75) is 19.8 Å². The average Bonchev–Trinajstić information content (AvgIpc) is 2.46. The number of anilines is 1. The molecular formula is C12H14N4O6. The highest BCUT2D eigenvalue weighted by atomic mass is 16.6. The van der Waals surface area contributed by atoms with Crippen LogP contribution in [0.5, 0.6) is 0 Å². The van der Waals surface area contributed by atoms with E-state index in [0.29, 0.717) is 13.0 Å². The summed E-state index contributed by atoms with van der Waals surface area (Å²) in [7, 11) is 0. The molecule has 0 aliphatic carbocycles. The van der Waals surface area contributed by atoms with Crippen LogP contribution in [0.3, 0.4) is 0 Å². The van der Waals surface area contributed by atoms with Gasteiger partial charge < -0.3 is 4.74 Å². The number of esters is 1. The standard InChI is InChI=1S/C12H14N4O6/c1-2-22-12(17)4-3-7-13-14-10-6-5-9(15(18)19)8-11(10)16(20)21/h5-8,14H,2-4H2,1H3/b13-7+. The Morgan fingerprint density at radius 1 is 1.36 bits per heavy atom. The van der Waals surface area contributed by atoms with Crippen molar-refractivity contribution >= 4 is 29.2 Å². The maximum atomic E-state index is 11.1. The number of ether oxygens (including phenoxy) is 1. The monoisotopic (exact) mass is 310 g/mol. The molecule has 22 heavy (non-hydrogen) atoms. The van der Waals surface area contributed by atoms with Gasteiger partial charge in [-0.3, -0.25) is 30.4 Å². The number of hydrogen-bond donors (Lipinski definition) is 1. The molecule has 0 aliphatic heterocycles. The zero-order chi connectivity index (χ0) is 16.5. The van der Waals surface area contributed by atoms with E-state index in [4.69, 9.17) is 4.74 Å². The van der Waals surface area contributed by atoms with Crippen molar-refractivity contribution in [3.63, 3.8) is 0 Å². The van der Waals surface area contributed by atoms with Gasteiger partial charge in [0.2, 0.25) is 0 Å². The minimum Gasteiger partial charge on any atom is -0.466 e. The SMILES string of the molecule is CCOC(=O)CC/C=N/Nc1ccc([N+](=O)[O-])cc1[N+](=O)[O-]. The van der Waals surface area contributed by atoms with E-state index < -0.39 is 15.5 Å². The lowest BCUT2D eigenvalue weighted by Gasteiger charge is -2.02. The molecule has 0 saturated heterocycles. The van der Waals surface area contributed by atoms with Crippen LogP contribution in [-0.2, 0) is 9.53 Å². The second kappa shape index (κ2) is 8.29. The minimum absolute atomic E-state index is 0.0167. The molecule has 0 spiro atoms. The number of carbonyl (C=O) groups is 1. The van der Waals surface area contributed by atoms with E-state index in [2.05, 4.69) is 10.5 Å². The number of carbonyl (C=O) groups excluding carboxylic acids is 1. The number of nitrogens with zero attached hydrogens (tertiary/aromatic N) is 3. The number of nitro benzene ring substituents is 2. The highest BCUT2D eigenvalue weighted by Crippen LogP contribution is 2.28. The number of nitro groups is 2. The smallest absolute Gasteiger partial charge is 0.306 e. The lowest BCUT2D eigenvalue weighted by molar-refractivity contribution is -0.393. The van der Waals surface area contributed by atoms with E-state index in [1.165, 1.54) is 12.3 Å². The van der Waals surface area contributed by atoms with Crippen LogP contribution in [0.1, 0.15) is 19.8 Å². The Hall–Kier alpha value is -3.04. The molecule has 1 rings (SSSR count).